The highest BCUT2D eigenvalue weighted by Crippen LogP contribution is 2.37. The molecule has 1 heterocycles. The van der Waals surface area contributed by atoms with E-state index in [1.54, 1.807) is 24.3 Å². The standard InChI is InChI=1S/C30H38N4O5S/c1-30(2,3)26(35)18-34-25-15-8-7-14-24(25)33(21-11-5-4-6-12-21)17-23(28(34)38)32-29(39)31-20-10-9-13-22(16-20)40-19-27(36)37/h7-10,13-16,21,23H,4-6,11-12,17-19H2,1-3H3,(H,36,37)(H2,31,32,39)/t23-/m1/s1. The largest absolute Gasteiger partial charge is 0.481 e. The summed E-state index contributed by atoms with van der Waals surface area (Å²) in [7, 11) is 0. The third kappa shape index (κ3) is 7.35. The quantitative estimate of drug-likeness (QED) is 0.378. The molecule has 0 spiro atoms. The van der Waals surface area contributed by atoms with Crippen LogP contribution in [0.3, 0.4) is 0 Å². The van der Waals surface area contributed by atoms with Crippen LogP contribution >= 0.6 is 11.8 Å². The molecule has 10 heteroatoms. The van der Waals surface area contributed by atoms with Crippen molar-refractivity contribution in [3.05, 3.63) is 48.5 Å². The number of anilines is 3. The Morgan fingerprint density at radius 1 is 1.00 bits per heavy atom. The van der Waals surface area contributed by atoms with Crippen LogP contribution < -0.4 is 20.4 Å². The van der Waals surface area contributed by atoms with E-state index in [1.165, 1.54) is 11.3 Å². The van der Waals surface area contributed by atoms with Crippen molar-refractivity contribution in [2.45, 2.75) is 69.9 Å². The summed E-state index contributed by atoms with van der Waals surface area (Å²) in [5, 5.41) is 14.6. The number of para-hydroxylation sites is 2. The SMILES string of the molecule is CC(C)(C)C(=O)CN1C(=O)[C@H](NC(=O)Nc2cccc(SCC(=O)O)c2)CN(C2CCCCC2)c2ccccc21. The van der Waals surface area contributed by atoms with Gasteiger partial charge in [0.05, 0.1) is 23.7 Å². The molecule has 0 aromatic heterocycles. The average Bonchev–Trinajstić information content (AvgIpc) is 3.03. The highest BCUT2D eigenvalue weighted by atomic mass is 32.2. The Labute approximate surface area is 239 Å². The van der Waals surface area contributed by atoms with Crippen LogP contribution in [0.25, 0.3) is 0 Å². The van der Waals surface area contributed by atoms with Gasteiger partial charge in [-0.3, -0.25) is 14.4 Å². The molecule has 214 valence electrons. The van der Waals surface area contributed by atoms with Crippen LogP contribution in [0.1, 0.15) is 52.9 Å². The maximum absolute atomic E-state index is 14.0. The lowest BCUT2D eigenvalue weighted by molar-refractivity contribution is -0.134. The summed E-state index contributed by atoms with van der Waals surface area (Å²) in [6, 6.07) is 13.4. The molecule has 0 unspecified atom stereocenters. The molecule has 1 fully saturated rings. The lowest BCUT2D eigenvalue weighted by atomic mass is 9.90. The lowest BCUT2D eigenvalue weighted by Crippen LogP contribution is -2.55. The van der Waals surface area contributed by atoms with Crippen LogP contribution in [-0.2, 0) is 14.4 Å². The minimum atomic E-state index is -0.925. The first kappa shape index (κ1) is 29.5. The van der Waals surface area contributed by atoms with E-state index in [1.807, 2.05) is 45.0 Å². The zero-order valence-electron chi connectivity index (χ0n) is 23.3. The van der Waals surface area contributed by atoms with Crippen LogP contribution in [0.15, 0.2) is 53.4 Å². The van der Waals surface area contributed by atoms with Gasteiger partial charge in [-0.05, 0) is 43.2 Å². The summed E-state index contributed by atoms with van der Waals surface area (Å²) in [4.78, 5) is 55.7. The molecule has 1 saturated carbocycles. The number of Topliss-reactive ketones (excluding diaryl/α,β-unsaturated/α-hetero) is 1. The summed E-state index contributed by atoms with van der Waals surface area (Å²) >= 11 is 1.15. The summed E-state index contributed by atoms with van der Waals surface area (Å²) in [6.07, 6.45) is 5.41. The number of carbonyl (C=O) groups excluding carboxylic acids is 3. The van der Waals surface area contributed by atoms with Crippen LogP contribution in [0.4, 0.5) is 21.9 Å². The predicted molar refractivity (Wildman–Crippen MR) is 158 cm³/mol. The van der Waals surface area contributed by atoms with E-state index < -0.39 is 23.5 Å². The van der Waals surface area contributed by atoms with Crippen molar-refractivity contribution >= 4 is 52.5 Å². The number of fused-ring (bicyclic) bond motifs is 1. The fourth-order valence-electron chi connectivity index (χ4n) is 5.14. The Morgan fingerprint density at radius 2 is 1.70 bits per heavy atom. The number of nitrogens with zero attached hydrogens (tertiary/aromatic N) is 2. The smallest absolute Gasteiger partial charge is 0.319 e. The Bertz CT molecular complexity index is 1250. The molecular weight excluding hydrogens is 528 g/mol. The second kappa shape index (κ2) is 12.8. The van der Waals surface area contributed by atoms with Gasteiger partial charge in [0.2, 0.25) is 0 Å². The number of carboxylic acid groups (broad SMARTS) is 1. The molecular formula is C30H38N4O5S. The number of carboxylic acids is 1. The molecule has 3 amide bonds. The van der Waals surface area contributed by atoms with E-state index in [4.69, 9.17) is 5.11 Å². The number of benzene rings is 2. The zero-order valence-corrected chi connectivity index (χ0v) is 24.1. The van der Waals surface area contributed by atoms with Gasteiger partial charge in [-0.2, -0.15) is 0 Å². The van der Waals surface area contributed by atoms with Crippen molar-refractivity contribution in [2.75, 3.05) is 34.0 Å². The molecule has 0 saturated heterocycles. The van der Waals surface area contributed by atoms with Gasteiger partial charge in [-0.1, -0.05) is 58.2 Å². The second-order valence-electron chi connectivity index (χ2n) is 11.4. The maximum Gasteiger partial charge on any atom is 0.319 e. The van der Waals surface area contributed by atoms with Crippen molar-refractivity contribution in [2.24, 2.45) is 5.41 Å². The molecule has 9 nitrogen and oxygen atoms in total. The fourth-order valence-corrected chi connectivity index (χ4v) is 5.81. The summed E-state index contributed by atoms with van der Waals surface area (Å²) in [5.74, 6) is -1.41. The van der Waals surface area contributed by atoms with Crippen molar-refractivity contribution < 1.29 is 24.3 Å². The number of rotatable bonds is 8. The molecule has 2 aromatic rings. The maximum atomic E-state index is 14.0. The third-order valence-corrected chi connectivity index (χ3v) is 8.32. The molecule has 3 N–H and O–H groups in total. The van der Waals surface area contributed by atoms with Gasteiger partial charge in [0.15, 0.2) is 5.78 Å². The number of urea groups is 1. The highest BCUT2D eigenvalue weighted by Gasteiger charge is 2.39. The molecule has 0 bridgehead atoms. The van der Waals surface area contributed by atoms with Gasteiger partial charge in [-0.15, -0.1) is 11.8 Å². The molecule has 2 aliphatic rings. The molecule has 1 aliphatic heterocycles. The van der Waals surface area contributed by atoms with Gasteiger partial charge >= 0.3 is 12.0 Å². The minimum absolute atomic E-state index is 0.0688. The Hall–Kier alpha value is -3.53. The van der Waals surface area contributed by atoms with Crippen LogP contribution in [0.5, 0.6) is 0 Å². The van der Waals surface area contributed by atoms with Crippen LogP contribution in [-0.4, -0.2) is 59.7 Å². The molecule has 1 aliphatic carbocycles. The van der Waals surface area contributed by atoms with Gasteiger partial charge in [0.1, 0.15) is 6.04 Å². The number of hydrogen-bond donors (Lipinski definition) is 3. The van der Waals surface area contributed by atoms with E-state index in [9.17, 15) is 19.2 Å². The first-order valence-electron chi connectivity index (χ1n) is 13.8. The topological polar surface area (TPSA) is 119 Å². The van der Waals surface area contributed by atoms with Gasteiger partial charge in [0.25, 0.3) is 5.91 Å². The van der Waals surface area contributed by atoms with E-state index in [0.29, 0.717) is 22.8 Å². The summed E-state index contributed by atoms with van der Waals surface area (Å²) in [6.45, 7) is 5.72. The van der Waals surface area contributed by atoms with Gasteiger partial charge in [-0.25, -0.2) is 4.79 Å². The van der Waals surface area contributed by atoms with Gasteiger partial charge < -0.3 is 25.5 Å². The third-order valence-electron chi connectivity index (χ3n) is 7.34. The van der Waals surface area contributed by atoms with E-state index >= 15 is 0 Å². The Morgan fingerprint density at radius 3 is 2.38 bits per heavy atom. The van der Waals surface area contributed by atoms with E-state index in [-0.39, 0.29) is 30.0 Å². The molecule has 4 rings (SSSR count). The number of aliphatic carboxylic acids is 1. The lowest BCUT2D eigenvalue weighted by Gasteiger charge is -2.37. The van der Waals surface area contributed by atoms with E-state index in [2.05, 4.69) is 15.5 Å². The predicted octanol–water partition coefficient (Wildman–Crippen LogP) is 5.15. The van der Waals surface area contributed by atoms with E-state index in [0.717, 1.165) is 43.1 Å². The number of ketones is 1. The fraction of sp³-hybridized carbons (Fsp3) is 0.467. The minimum Gasteiger partial charge on any atom is -0.481 e. The number of carbonyl (C=O) groups is 4. The van der Waals surface area contributed by atoms with Crippen LogP contribution in [0, 0.1) is 5.41 Å². The van der Waals surface area contributed by atoms with Crippen molar-refractivity contribution in [1.29, 1.82) is 0 Å². The monoisotopic (exact) mass is 566 g/mol. The number of hydrogen-bond acceptors (Lipinski definition) is 6. The summed E-state index contributed by atoms with van der Waals surface area (Å²) < 4.78 is 0. The second-order valence-corrected chi connectivity index (χ2v) is 12.4. The first-order chi connectivity index (χ1) is 19.0. The molecule has 1 atom stereocenters. The number of nitrogens with one attached hydrogen (secondary N) is 2. The van der Waals surface area contributed by atoms with Crippen molar-refractivity contribution in [1.82, 2.24) is 5.32 Å². The molecule has 40 heavy (non-hydrogen) atoms. The number of thioether (sulfide) groups is 1. The highest BCUT2D eigenvalue weighted by molar-refractivity contribution is 8.00. The summed E-state index contributed by atoms with van der Waals surface area (Å²) in [5.41, 5.74) is 1.44. The van der Waals surface area contributed by atoms with Crippen molar-refractivity contribution in [3.8, 4) is 0 Å². The van der Waals surface area contributed by atoms with Crippen molar-refractivity contribution in [3.63, 3.8) is 0 Å². The Kier molecular flexibility index (Phi) is 9.40. The van der Waals surface area contributed by atoms with Gasteiger partial charge in [0, 0.05) is 28.6 Å². The zero-order chi connectivity index (χ0) is 28.9. The number of amides is 3. The normalized spacial score (nSPS) is 18.1. The van der Waals surface area contributed by atoms with Crippen LogP contribution in [0.2, 0.25) is 0 Å². The molecule has 2 aromatic carbocycles. The Balaban J connectivity index is 1.61. The first-order valence-corrected chi connectivity index (χ1v) is 14.7. The average molecular weight is 567 g/mol. The molecule has 0 radical (unpaired) electrons.